The van der Waals surface area contributed by atoms with Crippen LogP contribution in [0.1, 0.15) is 34.0 Å². The maximum Gasteiger partial charge on any atom is 0.272 e. The average Bonchev–Trinajstić information content (AvgIpc) is 2.99. The van der Waals surface area contributed by atoms with Crippen LogP contribution in [0.15, 0.2) is 108 Å². The number of hydrogen-bond acceptors (Lipinski definition) is 5. The van der Waals surface area contributed by atoms with Crippen molar-refractivity contribution in [2.45, 2.75) is 30.9 Å². The lowest BCUT2D eigenvalue weighted by Crippen LogP contribution is -2.30. The van der Waals surface area contributed by atoms with E-state index in [0.29, 0.717) is 22.6 Å². The number of methoxy groups -OCH3 is 1. The predicted octanol–water partition coefficient (Wildman–Crippen LogP) is 6.84. The Labute approximate surface area is 250 Å². The van der Waals surface area contributed by atoms with Crippen molar-refractivity contribution in [2.24, 2.45) is 0 Å². The van der Waals surface area contributed by atoms with Crippen molar-refractivity contribution in [2.75, 3.05) is 17.7 Å². The largest absolute Gasteiger partial charge is 0.496 e. The van der Waals surface area contributed by atoms with Gasteiger partial charge in [0.05, 0.1) is 12.4 Å². The first-order valence-corrected chi connectivity index (χ1v) is 14.3. The van der Waals surface area contributed by atoms with Gasteiger partial charge in [-0.1, -0.05) is 60.2 Å². The van der Waals surface area contributed by atoms with Gasteiger partial charge in [0.1, 0.15) is 11.4 Å². The van der Waals surface area contributed by atoms with Gasteiger partial charge < -0.3 is 20.7 Å². The van der Waals surface area contributed by atoms with Gasteiger partial charge in [0.25, 0.3) is 11.8 Å². The highest BCUT2D eigenvalue weighted by atomic mass is 32.2. The Morgan fingerprint density at radius 1 is 0.833 bits per heavy atom. The van der Waals surface area contributed by atoms with Crippen LogP contribution in [-0.4, -0.2) is 30.1 Å². The van der Waals surface area contributed by atoms with E-state index in [1.165, 1.54) is 11.8 Å². The number of carbonyl (C=O) groups is 3. The molecular formula is C34H33N3O4S. The first-order valence-electron chi connectivity index (χ1n) is 13.4. The quantitative estimate of drug-likeness (QED) is 0.141. The van der Waals surface area contributed by atoms with Crippen molar-refractivity contribution in [3.05, 3.63) is 125 Å². The molecular weight excluding hydrogens is 546 g/mol. The lowest BCUT2D eigenvalue weighted by atomic mass is 10.1. The highest BCUT2D eigenvalue weighted by Crippen LogP contribution is 2.28. The molecule has 0 aromatic heterocycles. The molecule has 0 radical (unpaired) electrons. The molecule has 0 aliphatic rings. The van der Waals surface area contributed by atoms with Gasteiger partial charge in [0, 0.05) is 27.4 Å². The molecule has 0 aliphatic heterocycles. The lowest BCUT2D eigenvalue weighted by molar-refractivity contribution is -0.115. The summed E-state index contributed by atoms with van der Waals surface area (Å²) in [5.41, 5.74) is 4.54. The summed E-state index contributed by atoms with van der Waals surface area (Å²) in [6.07, 6.45) is 1.58. The maximum absolute atomic E-state index is 13.5. The summed E-state index contributed by atoms with van der Waals surface area (Å²) < 4.78 is 5.43. The molecule has 4 rings (SSSR count). The Morgan fingerprint density at radius 2 is 1.57 bits per heavy atom. The van der Waals surface area contributed by atoms with Crippen LogP contribution in [0.4, 0.5) is 11.4 Å². The van der Waals surface area contributed by atoms with Gasteiger partial charge in [-0.3, -0.25) is 14.4 Å². The Hall–Kier alpha value is -4.82. The van der Waals surface area contributed by atoms with Crippen LogP contribution in [-0.2, 0) is 9.59 Å². The zero-order chi connectivity index (χ0) is 30.1. The summed E-state index contributed by atoms with van der Waals surface area (Å²) in [6, 6.07) is 29.0. The number of rotatable bonds is 10. The van der Waals surface area contributed by atoms with Crippen molar-refractivity contribution in [3.63, 3.8) is 0 Å². The number of hydrogen-bond donors (Lipinski definition) is 3. The first-order chi connectivity index (χ1) is 20.2. The van der Waals surface area contributed by atoms with E-state index in [4.69, 9.17) is 4.74 Å². The SMILES string of the molecule is COc1ccccc1/C=C(/NC(=O)c1ccccc1)C(=O)Nc1cccc(SC(C)C(=O)Nc2ccc(C)cc2C)c1. The van der Waals surface area contributed by atoms with Crippen LogP contribution in [0, 0.1) is 13.8 Å². The van der Waals surface area contributed by atoms with Crippen LogP contribution in [0.2, 0.25) is 0 Å². The minimum Gasteiger partial charge on any atom is -0.496 e. The Bertz CT molecular complexity index is 1620. The van der Waals surface area contributed by atoms with E-state index in [2.05, 4.69) is 16.0 Å². The van der Waals surface area contributed by atoms with Gasteiger partial charge in [0.15, 0.2) is 0 Å². The molecule has 7 nitrogen and oxygen atoms in total. The molecule has 0 fully saturated rings. The second-order valence-electron chi connectivity index (χ2n) is 9.67. The van der Waals surface area contributed by atoms with Crippen LogP contribution >= 0.6 is 11.8 Å². The third-order valence-electron chi connectivity index (χ3n) is 6.38. The molecule has 0 heterocycles. The molecule has 214 valence electrons. The zero-order valence-electron chi connectivity index (χ0n) is 23.9. The number of nitrogens with one attached hydrogen (secondary N) is 3. The van der Waals surface area contributed by atoms with Crippen LogP contribution < -0.4 is 20.7 Å². The molecule has 42 heavy (non-hydrogen) atoms. The third kappa shape index (κ3) is 8.11. The fourth-order valence-electron chi connectivity index (χ4n) is 4.18. The van der Waals surface area contributed by atoms with Gasteiger partial charge in [-0.05, 0) is 74.9 Å². The van der Waals surface area contributed by atoms with Crippen molar-refractivity contribution in [1.29, 1.82) is 0 Å². The standard InChI is InChI=1S/C34H33N3O4S/c1-22-17-18-29(23(2)19-22)36-32(38)24(3)42-28-15-10-14-27(21-28)35-34(40)30(20-26-13-8-9-16-31(26)41-4)37-33(39)25-11-6-5-7-12-25/h5-21,24H,1-4H3,(H,35,40)(H,36,38)(H,37,39)/b30-20+. The van der Waals surface area contributed by atoms with E-state index in [1.54, 1.807) is 67.8 Å². The summed E-state index contributed by atoms with van der Waals surface area (Å²) in [5, 5.41) is 8.23. The number of amides is 3. The Balaban J connectivity index is 1.50. The molecule has 0 bridgehead atoms. The van der Waals surface area contributed by atoms with Crippen LogP contribution in [0.3, 0.4) is 0 Å². The molecule has 4 aromatic rings. The molecule has 1 unspecified atom stereocenters. The topological polar surface area (TPSA) is 96.5 Å². The van der Waals surface area contributed by atoms with Crippen molar-refractivity contribution < 1.29 is 19.1 Å². The number of ether oxygens (including phenoxy) is 1. The molecule has 8 heteroatoms. The number of para-hydroxylation sites is 1. The summed E-state index contributed by atoms with van der Waals surface area (Å²) >= 11 is 1.38. The number of aryl methyl sites for hydroxylation is 2. The predicted molar refractivity (Wildman–Crippen MR) is 170 cm³/mol. The van der Waals surface area contributed by atoms with Crippen LogP contribution in [0.25, 0.3) is 6.08 Å². The second kappa shape index (κ2) is 14.2. The van der Waals surface area contributed by atoms with Gasteiger partial charge in [0.2, 0.25) is 5.91 Å². The number of thioether (sulfide) groups is 1. The molecule has 1 atom stereocenters. The molecule has 0 aliphatic carbocycles. The van der Waals surface area contributed by atoms with Gasteiger partial charge in [-0.15, -0.1) is 11.8 Å². The first kappa shape index (κ1) is 30.1. The monoisotopic (exact) mass is 579 g/mol. The van der Waals surface area contributed by atoms with Gasteiger partial charge in [-0.25, -0.2) is 0 Å². The fraction of sp³-hybridized carbons (Fsp3) is 0.147. The Morgan fingerprint density at radius 3 is 2.31 bits per heavy atom. The summed E-state index contributed by atoms with van der Waals surface area (Å²) in [5.74, 6) is -0.483. The molecule has 4 aromatic carbocycles. The molecule has 3 amide bonds. The van der Waals surface area contributed by atoms with E-state index >= 15 is 0 Å². The zero-order valence-corrected chi connectivity index (χ0v) is 24.8. The highest BCUT2D eigenvalue weighted by Gasteiger charge is 2.18. The number of anilines is 2. The van der Waals surface area contributed by atoms with E-state index in [-0.39, 0.29) is 16.9 Å². The smallest absolute Gasteiger partial charge is 0.272 e. The lowest BCUT2D eigenvalue weighted by Gasteiger charge is -2.15. The second-order valence-corrected chi connectivity index (χ2v) is 11.1. The van der Waals surface area contributed by atoms with Gasteiger partial charge in [-0.2, -0.15) is 0 Å². The Kier molecular flexibility index (Phi) is 10.2. The van der Waals surface area contributed by atoms with Crippen molar-refractivity contribution in [3.8, 4) is 5.75 Å². The normalized spacial score (nSPS) is 11.8. The van der Waals surface area contributed by atoms with E-state index in [0.717, 1.165) is 21.7 Å². The summed E-state index contributed by atoms with van der Waals surface area (Å²) in [6.45, 7) is 5.81. The van der Waals surface area contributed by atoms with Crippen molar-refractivity contribution >= 4 is 46.9 Å². The third-order valence-corrected chi connectivity index (χ3v) is 7.48. The minimum atomic E-state index is -0.507. The molecule has 0 saturated carbocycles. The average molecular weight is 580 g/mol. The number of carbonyl (C=O) groups excluding carboxylic acids is 3. The molecule has 0 saturated heterocycles. The van der Waals surface area contributed by atoms with E-state index in [9.17, 15) is 14.4 Å². The van der Waals surface area contributed by atoms with E-state index < -0.39 is 11.8 Å². The van der Waals surface area contributed by atoms with Crippen LogP contribution in [0.5, 0.6) is 5.75 Å². The minimum absolute atomic E-state index is 0.0487. The van der Waals surface area contributed by atoms with Gasteiger partial charge >= 0.3 is 0 Å². The summed E-state index contributed by atoms with van der Waals surface area (Å²) in [7, 11) is 1.54. The van der Waals surface area contributed by atoms with Crippen molar-refractivity contribution in [1.82, 2.24) is 5.32 Å². The summed E-state index contributed by atoms with van der Waals surface area (Å²) in [4.78, 5) is 40.1. The molecule has 3 N–H and O–H groups in total. The highest BCUT2D eigenvalue weighted by molar-refractivity contribution is 8.00. The number of benzene rings is 4. The molecule has 0 spiro atoms. The maximum atomic E-state index is 13.5. The fourth-order valence-corrected chi connectivity index (χ4v) is 5.10. The van der Waals surface area contributed by atoms with E-state index in [1.807, 2.05) is 63.2 Å².